The number of ether oxygens (including phenoxy) is 1. The van der Waals surface area contributed by atoms with Gasteiger partial charge in [0, 0.05) is 11.3 Å². The Morgan fingerprint density at radius 3 is 2.41 bits per heavy atom. The van der Waals surface area contributed by atoms with E-state index in [2.05, 4.69) is 5.32 Å². The zero-order valence-corrected chi connectivity index (χ0v) is 18.0. The molecule has 164 valence electrons. The fourth-order valence-electron chi connectivity index (χ4n) is 3.54. The van der Waals surface area contributed by atoms with Crippen LogP contribution in [0.1, 0.15) is 15.9 Å². The van der Waals surface area contributed by atoms with Crippen molar-refractivity contribution >= 4 is 33.2 Å². The smallest absolute Gasteiger partial charge is 0.267 e. The maximum absolute atomic E-state index is 13.3. The lowest BCUT2D eigenvalue weighted by Gasteiger charge is -2.34. The predicted molar refractivity (Wildman–Crippen MR) is 120 cm³/mol. The highest BCUT2D eigenvalue weighted by molar-refractivity contribution is 7.92. The fourth-order valence-corrected chi connectivity index (χ4v) is 5.03. The summed E-state index contributed by atoms with van der Waals surface area (Å²) in [5, 5.41) is 2.72. The summed E-state index contributed by atoms with van der Waals surface area (Å²) in [5.41, 5.74) is 6.93. The van der Waals surface area contributed by atoms with Gasteiger partial charge in [-0.1, -0.05) is 36.4 Å². The summed E-state index contributed by atoms with van der Waals surface area (Å²) < 4.78 is 33.7. The molecule has 0 saturated heterocycles. The van der Waals surface area contributed by atoms with Gasteiger partial charge in [-0.05, 0) is 48.9 Å². The monoisotopic (exact) mass is 451 g/mol. The predicted octanol–water partition coefficient (Wildman–Crippen LogP) is 2.69. The number of para-hydroxylation sites is 2. The zero-order chi connectivity index (χ0) is 22.9. The summed E-state index contributed by atoms with van der Waals surface area (Å²) >= 11 is 0. The van der Waals surface area contributed by atoms with Gasteiger partial charge in [-0.3, -0.25) is 13.9 Å². The zero-order valence-electron chi connectivity index (χ0n) is 17.2. The second-order valence-corrected chi connectivity index (χ2v) is 9.12. The van der Waals surface area contributed by atoms with Crippen LogP contribution in [0.3, 0.4) is 0 Å². The van der Waals surface area contributed by atoms with Gasteiger partial charge >= 0.3 is 0 Å². The van der Waals surface area contributed by atoms with E-state index in [9.17, 15) is 18.0 Å². The van der Waals surface area contributed by atoms with Gasteiger partial charge in [0.05, 0.1) is 17.1 Å². The number of nitrogens with one attached hydrogen (secondary N) is 1. The maximum Gasteiger partial charge on any atom is 0.267 e. The van der Waals surface area contributed by atoms with Crippen molar-refractivity contribution < 1.29 is 22.7 Å². The molecular formula is C23H21N3O5S. The summed E-state index contributed by atoms with van der Waals surface area (Å²) in [7, 11) is -3.93. The van der Waals surface area contributed by atoms with E-state index in [0.717, 1.165) is 0 Å². The Kier molecular flexibility index (Phi) is 5.58. The number of rotatable bonds is 5. The largest absolute Gasteiger partial charge is 0.476 e. The van der Waals surface area contributed by atoms with Crippen LogP contribution in [0.25, 0.3) is 0 Å². The van der Waals surface area contributed by atoms with Gasteiger partial charge in [-0.15, -0.1) is 0 Å². The van der Waals surface area contributed by atoms with Crippen molar-refractivity contribution in [1.29, 1.82) is 0 Å². The Balaban J connectivity index is 1.67. The highest BCUT2D eigenvalue weighted by atomic mass is 32.2. The number of carbonyl (C=O) groups excluding carboxylic acids is 2. The SMILES string of the molecule is Cc1c(NC(=O)C2CN(S(=O)(=O)c3ccccc3)c3ccccc3O2)cccc1C(N)=O. The molecule has 8 nitrogen and oxygen atoms in total. The van der Waals surface area contributed by atoms with Crippen molar-refractivity contribution in [2.75, 3.05) is 16.2 Å². The first-order valence-corrected chi connectivity index (χ1v) is 11.3. The van der Waals surface area contributed by atoms with Crippen molar-refractivity contribution in [2.45, 2.75) is 17.9 Å². The molecule has 1 aliphatic heterocycles. The number of benzene rings is 3. The van der Waals surface area contributed by atoms with E-state index in [1.807, 2.05) is 0 Å². The number of amides is 2. The lowest BCUT2D eigenvalue weighted by molar-refractivity contribution is -0.122. The van der Waals surface area contributed by atoms with Crippen molar-refractivity contribution in [3.8, 4) is 5.75 Å². The van der Waals surface area contributed by atoms with Crippen LogP contribution < -0.4 is 20.1 Å². The van der Waals surface area contributed by atoms with Crippen LogP contribution in [-0.4, -0.2) is 32.9 Å². The molecule has 1 unspecified atom stereocenters. The number of nitrogens with two attached hydrogens (primary N) is 1. The molecule has 3 aromatic carbocycles. The molecular weight excluding hydrogens is 430 g/mol. The number of primary amides is 1. The number of anilines is 2. The highest BCUT2D eigenvalue weighted by Gasteiger charge is 2.37. The lowest BCUT2D eigenvalue weighted by Crippen LogP contribution is -2.48. The van der Waals surface area contributed by atoms with Gasteiger partial charge in [0.1, 0.15) is 5.75 Å². The average molecular weight is 452 g/mol. The van der Waals surface area contributed by atoms with Gasteiger partial charge in [0.15, 0.2) is 6.10 Å². The van der Waals surface area contributed by atoms with Crippen molar-refractivity contribution in [3.63, 3.8) is 0 Å². The van der Waals surface area contributed by atoms with Gasteiger partial charge in [-0.2, -0.15) is 0 Å². The van der Waals surface area contributed by atoms with Crippen LogP contribution in [0, 0.1) is 6.92 Å². The van der Waals surface area contributed by atoms with Gasteiger partial charge in [0.2, 0.25) is 5.91 Å². The van der Waals surface area contributed by atoms with Crippen LogP contribution in [0.4, 0.5) is 11.4 Å². The fraction of sp³-hybridized carbons (Fsp3) is 0.130. The summed E-state index contributed by atoms with van der Waals surface area (Å²) in [5.74, 6) is -0.875. The van der Waals surface area contributed by atoms with Gasteiger partial charge < -0.3 is 15.8 Å². The Morgan fingerprint density at radius 1 is 1.00 bits per heavy atom. The number of carbonyl (C=O) groups is 2. The molecule has 0 spiro atoms. The molecule has 1 heterocycles. The number of hydrogen-bond acceptors (Lipinski definition) is 5. The van der Waals surface area contributed by atoms with Crippen LogP contribution in [0.5, 0.6) is 5.75 Å². The lowest BCUT2D eigenvalue weighted by atomic mass is 10.1. The maximum atomic E-state index is 13.3. The van der Waals surface area contributed by atoms with E-state index in [1.54, 1.807) is 67.6 Å². The van der Waals surface area contributed by atoms with Crippen molar-refractivity contribution in [2.24, 2.45) is 5.73 Å². The van der Waals surface area contributed by atoms with E-state index in [4.69, 9.17) is 10.5 Å². The van der Waals surface area contributed by atoms with Gasteiger partial charge in [-0.25, -0.2) is 8.42 Å². The second-order valence-electron chi connectivity index (χ2n) is 7.26. The Bertz CT molecular complexity index is 1290. The molecule has 0 radical (unpaired) electrons. The van der Waals surface area contributed by atoms with E-state index in [1.165, 1.54) is 16.4 Å². The third-order valence-electron chi connectivity index (χ3n) is 5.22. The molecule has 3 aromatic rings. The van der Waals surface area contributed by atoms with Crippen molar-refractivity contribution in [3.05, 3.63) is 83.9 Å². The van der Waals surface area contributed by atoms with Crippen molar-refractivity contribution in [1.82, 2.24) is 0 Å². The molecule has 32 heavy (non-hydrogen) atoms. The Morgan fingerprint density at radius 2 is 1.69 bits per heavy atom. The summed E-state index contributed by atoms with van der Waals surface area (Å²) in [6, 6.07) is 19.5. The quantitative estimate of drug-likeness (QED) is 0.618. The molecule has 9 heteroatoms. The first-order valence-electron chi connectivity index (χ1n) is 9.83. The normalized spacial score (nSPS) is 15.4. The number of fused-ring (bicyclic) bond motifs is 1. The van der Waals surface area contributed by atoms with E-state index in [-0.39, 0.29) is 22.8 Å². The molecule has 3 N–H and O–H groups in total. The molecule has 0 saturated carbocycles. The topological polar surface area (TPSA) is 119 Å². The summed E-state index contributed by atoms with van der Waals surface area (Å²) in [4.78, 5) is 24.8. The second kappa shape index (κ2) is 8.35. The molecule has 0 aliphatic carbocycles. The standard InChI is InChI=1S/C23H21N3O5S/c1-15-17(22(24)27)10-7-11-18(15)25-23(28)21-14-26(19-12-5-6-13-20(19)31-21)32(29,30)16-8-3-2-4-9-16/h2-13,21H,14H2,1H3,(H2,24,27)(H,25,28). The number of hydrogen-bond donors (Lipinski definition) is 2. The molecule has 0 bridgehead atoms. The number of sulfonamides is 1. The molecule has 1 aliphatic rings. The highest BCUT2D eigenvalue weighted by Crippen LogP contribution is 2.37. The summed E-state index contributed by atoms with van der Waals surface area (Å²) in [6.45, 7) is 1.45. The first kappa shape index (κ1) is 21.4. The number of nitrogens with zero attached hydrogens (tertiary/aromatic N) is 1. The minimum atomic E-state index is -3.93. The van der Waals surface area contributed by atoms with E-state index < -0.39 is 27.9 Å². The summed E-state index contributed by atoms with van der Waals surface area (Å²) in [6.07, 6.45) is -1.11. The first-order chi connectivity index (χ1) is 15.3. The third-order valence-corrected chi connectivity index (χ3v) is 7.01. The molecule has 4 rings (SSSR count). The van der Waals surface area contributed by atoms with Crippen LogP contribution in [0.15, 0.2) is 77.7 Å². The van der Waals surface area contributed by atoms with Crippen LogP contribution in [-0.2, 0) is 14.8 Å². The Labute approximate surface area is 185 Å². The average Bonchev–Trinajstić information content (AvgIpc) is 2.80. The minimum absolute atomic E-state index is 0.112. The van der Waals surface area contributed by atoms with Crippen LogP contribution in [0.2, 0.25) is 0 Å². The Hall–Kier alpha value is -3.85. The van der Waals surface area contributed by atoms with Crippen LogP contribution >= 0.6 is 0 Å². The molecule has 0 fully saturated rings. The molecule has 0 aromatic heterocycles. The molecule has 2 amide bonds. The molecule has 1 atom stereocenters. The van der Waals surface area contributed by atoms with E-state index in [0.29, 0.717) is 16.9 Å². The van der Waals surface area contributed by atoms with E-state index >= 15 is 0 Å². The minimum Gasteiger partial charge on any atom is -0.476 e. The van der Waals surface area contributed by atoms with Gasteiger partial charge in [0.25, 0.3) is 15.9 Å². The third kappa shape index (κ3) is 3.90.